The molecule has 1 aromatic carbocycles. The largest absolute Gasteiger partial charge is 0.506 e. The first-order chi connectivity index (χ1) is 7.44. The average molecular weight is 309 g/mol. The van der Waals surface area contributed by atoms with Gasteiger partial charge < -0.3 is 5.11 Å². The summed E-state index contributed by atoms with van der Waals surface area (Å²) >= 11 is 3.19. The molecular weight excluding hydrogens is 296 g/mol. The SMILES string of the molecule is CCCNS(=O)(=O)Nc1cc(Br)ccc1O. The minimum Gasteiger partial charge on any atom is -0.506 e. The molecule has 0 aliphatic rings. The van der Waals surface area contributed by atoms with Crippen LogP contribution < -0.4 is 9.44 Å². The number of benzene rings is 1. The third-order valence-electron chi connectivity index (χ3n) is 1.75. The van der Waals surface area contributed by atoms with Crippen LogP contribution in [0.3, 0.4) is 0 Å². The fourth-order valence-corrected chi connectivity index (χ4v) is 2.37. The molecule has 5 nitrogen and oxygen atoms in total. The summed E-state index contributed by atoms with van der Waals surface area (Å²) in [6.45, 7) is 2.21. The average Bonchev–Trinajstić information content (AvgIpc) is 2.20. The summed E-state index contributed by atoms with van der Waals surface area (Å²) < 4.78 is 28.2. The van der Waals surface area contributed by atoms with Gasteiger partial charge in [-0.05, 0) is 24.6 Å². The maximum atomic E-state index is 11.5. The van der Waals surface area contributed by atoms with Crippen LogP contribution in [-0.2, 0) is 10.2 Å². The molecular formula is C9H13BrN2O3S. The Kier molecular flexibility index (Phi) is 4.57. The number of hydrogen-bond donors (Lipinski definition) is 3. The summed E-state index contributed by atoms with van der Waals surface area (Å²) in [5.41, 5.74) is 0.137. The van der Waals surface area contributed by atoms with Crippen LogP contribution in [0.5, 0.6) is 5.75 Å². The van der Waals surface area contributed by atoms with E-state index in [1.807, 2.05) is 6.92 Å². The van der Waals surface area contributed by atoms with E-state index in [9.17, 15) is 13.5 Å². The number of hydrogen-bond acceptors (Lipinski definition) is 3. The van der Waals surface area contributed by atoms with E-state index in [0.29, 0.717) is 17.4 Å². The summed E-state index contributed by atoms with van der Waals surface area (Å²) in [5, 5.41) is 9.45. The summed E-state index contributed by atoms with van der Waals surface area (Å²) in [4.78, 5) is 0. The molecule has 0 amide bonds. The second-order valence-corrected chi connectivity index (χ2v) is 5.58. The van der Waals surface area contributed by atoms with Gasteiger partial charge in [0, 0.05) is 11.0 Å². The van der Waals surface area contributed by atoms with Gasteiger partial charge in [-0.15, -0.1) is 0 Å². The van der Waals surface area contributed by atoms with Crippen LogP contribution in [-0.4, -0.2) is 20.1 Å². The van der Waals surface area contributed by atoms with Crippen LogP contribution in [0.2, 0.25) is 0 Å². The maximum Gasteiger partial charge on any atom is 0.299 e. The molecule has 0 spiro atoms. The highest BCUT2D eigenvalue weighted by atomic mass is 79.9. The number of anilines is 1. The first kappa shape index (κ1) is 13.3. The van der Waals surface area contributed by atoms with E-state index in [1.54, 1.807) is 6.07 Å². The highest BCUT2D eigenvalue weighted by Crippen LogP contribution is 2.27. The maximum absolute atomic E-state index is 11.5. The highest BCUT2D eigenvalue weighted by molar-refractivity contribution is 9.10. The van der Waals surface area contributed by atoms with Gasteiger partial charge in [-0.3, -0.25) is 4.72 Å². The zero-order valence-electron chi connectivity index (χ0n) is 8.70. The van der Waals surface area contributed by atoms with Crippen LogP contribution in [0.25, 0.3) is 0 Å². The first-order valence-corrected chi connectivity index (χ1v) is 6.98. The summed E-state index contributed by atoms with van der Waals surface area (Å²) in [6, 6.07) is 4.51. The van der Waals surface area contributed by atoms with Crippen molar-refractivity contribution in [3.63, 3.8) is 0 Å². The highest BCUT2D eigenvalue weighted by Gasteiger charge is 2.11. The molecule has 0 heterocycles. The van der Waals surface area contributed by atoms with E-state index in [1.165, 1.54) is 12.1 Å². The Morgan fingerprint density at radius 3 is 2.75 bits per heavy atom. The van der Waals surface area contributed by atoms with Gasteiger partial charge in [0.15, 0.2) is 0 Å². The van der Waals surface area contributed by atoms with Gasteiger partial charge in [-0.25, -0.2) is 0 Å². The van der Waals surface area contributed by atoms with Gasteiger partial charge in [0.05, 0.1) is 5.69 Å². The fraction of sp³-hybridized carbons (Fsp3) is 0.333. The fourth-order valence-electron chi connectivity index (χ4n) is 1.01. The second-order valence-electron chi connectivity index (χ2n) is 3.16. The number of phenolic OH excluding ortho intramolecular Hbond substituents is 1. The molecule has 0 radical (unpaired) electrons. The lowest BCUT2D eigenvalue weighted by molar-refractivity contribution is 0.477. The molecule has 0 saturated heterocycles. The monoisotopic (exact) mass is 308 g/mol. The Labute approximate surface area is 103 Å². The van der Waals surface area contributed by atoms with Crippen LogP contribution in [0, 0.1) is 0 Å². The van der Waals surface area contributed by atoms with E-state index in [-0.39, 0.29) is 11.4 Å². The Bertz CT molecular complexity index is 462. The van der Waals surface area contributed by atoms with Crippen LogP contribution in [0.15, 0.2) is 22.7 Å². The predicted octanol–water partition coefficient (Wildman–Crippen LogP) is 1.81. The lowest BCUT2D eigenvalue weighted by Gasteiger charge is -2.10. The van der Waals surface area contributed by atoms with E-state index in [0.717, 1.165) is 0 Å². The number of rotatable bonds is 5. The Morgan fingerprint density at radius 2 is 2.12 bits per heavy atom. The molecule has 0 aliphatic carbocycles. The zero-order chi connectivity index (χ0) is 12.2. The van der Waals surface area contributed by atoms with E-state index in [2.05, 4.69) is 25.4 Å². The minimum absolute atomic E-state index is 0.120. The molecule has 0 aliphatic heterocycles. The lowest BCUT2D eigenvalue weighted by atomic mass is 10.3. The Morgan fingerprint density at radius 1 is 1.44 bits per heavy atom. The topological polar surface area (TPSA) is 78.4 Å². The molecule has 0 bridgehead atoms. The summed E-state index contributed by atoms with van der Waals surface area (Å²) in [5.74, 6) is -0.120. The molecule has 0 saturated carbocycles. The van der Waals surface area contributed by atoms with Gasteiger partial charge in [0.1, 0.15) is 5.75 Å². The van der Waals surface area contributed by atoms with Gasteiger partial charge in [-0.2, -0.15) is 13.1 Å². The summed E-state index contributed by atoms with van der Waals surface area (Å²) in [7, 11) is -3.62. The van der Waals surface area contributed by atoms with Crippen LogP contribution in [0.4, 0.5) is 5.69 Å². The van der Waals surface area contributed by atoms with Crippen LogP contribution >= 0.6 is 15.9 Å². The van der Waals surface area contributed by atoms with Crippen molar-refractivity contribution in [2.24, 2.45) is 0 Å². The third-order valence-corrected chi connectivity index (χ3v) is 3.31. The van der Waals surface area contributed by atoms with Crippen molar-refractivity contribution < 1.29 is 13.5 Å². The van der Waals surface area contributed by atoms with Crippen molar-refractivity contribution in [2.45, 2.75) is 13.3 Å². The van der Waals surface area contributed by atoms with Crippen LogP contribution in [0.1, 0.15) is 13.3 Å². The molecule has 0 atom stereocenters. The Hall–Kier alpha value is -0.790. The molecule has 3 N–H and O–H groups in total. The van der Waals surface area contributed by atoms with Gasteiger partial charge in [-0.1, -0.05) is 22.9 Å². The van der Waals surface area contributed by atoms with Crippen molar-refractivity contribution in [1.82, 2.24) is 4.72 Å². The second kappa shape index (κ2) is 5.51. The molecule has 1 aromatic rings. The zero-order valence-corrected chi connectivity index (χ0v) is 11.1. The summed E-state index contributed by atoms with van der Waals surface area (Å²) in [6.07, 6.45) is 0.700. The van der Waals surface area contributed by atoms with E-state index in [4.69, 9.17) is 0 Å². The third kappa shape index (κ3) is 3.99. The molecule has 0 fully saturated rings. The number of phenols is 1. The van der Waals surface area contributed by atoms with Crippen molar-refractivity contribution in [1.29, 1.82) is 0 Å². The predicted molar refractivity (Wildman–Crippen MR) is 66.6 cm³/mol. The minimum atomic E-state index is -3.62. The quantitative estimate of drug-likeness (QED) is 0.726. The molecule has 16 heavy (non-hydrogen) atoms. The Balaban J connectivity index is 2.83. The van der Waals surface area contributed by atoms with Crippen molar-refractivity contribution >= 4 is 31.8 Å². The lowest BCUT2D eigenvalue weighted by Crippen LogP contribution is -2.30. The van der Waals surface area contributed by atoms with Gasteiger partial charge >= 0.3 is 0 Å². The molecule has 90 valence electrons. The molecule has 0 unspecified atom stereocenters. The van der Waals surface area contributed by atoms with E-state index < -0.39 is 10.2 Å². The number of nitrogens with one attached hydrogen (secondary N) is 2. The van der Waals surface area contributed by atoms with Crippen molar-refractivity contribution in [3.8, 4) is 5.75 Å². The van der Waals surface area contributed by atoms with Gasteiger partial charge in [0.25, 0.3) is 10.2 Å². The van der Waals surface area contributed by atoms with Gasteiger partial charge in [0.2, 0.25) is 0 Å². The molecule has 0 aromatic heterocycles. The normalized spacial score (nSPS) is 11.4. The van der Waals surface area contributed by atoms with Crippen molar-refractivity contribution in [2.75, 3.05) is 11.3 Å². The first-order valence-electron chi connectivity index (χ1n) is 4.70. The molecule has 1 rings (SSSR count). The molecule has 7 heteroatoms. The number of halogens is 1. The smallest absolute Gasteiger partial charge is 0.299 e. The van der Waals surface area contributed by atoms with Crippen molar-refractivity contribution in [3.05, 3.63) is 22.7 Å². The standard InChI is InChI=1S/C9H13BrN2O3S/c1-2-5-11-16(14,15)12-8-6-7(10)3-4-9(8)13/h3-4,6,11-13H,2,5H2,1H3. The number of aromatic hydroxyl groups is 1. The van der Waals surface area contributed by atoms with E-state index >= 15 is 0 Å².